The third-order valence-electron chi connectivity index (χ3n) is 4.21. The second-order valence-electron chi connectivity index (χ2n) is 6.93. The van der Waals surface area contributed by atoms with Crippen LogP contribution in [0.5, 0.6) is 0 Å². The van der Waals surface area contributed by atoms with Crippen LogP contribution in [0.25, 0.3) is 0 Å². The molecule has 0 aliphatic carbocycles. The van der Waals surface area contributed by atoms with Gasteiger partial charge in [0.15, 0.2) is 9.84 Å². The summed E-state index contributed by atoms with van der Waals surface area (Å²) in [6.45, 7) is 4.07. The molecule has 0 amide bonds. The summed E-state index contributed by atoms with van der Waals surface area (Å²) in [6.07, 6.45) is -4.76. The monoisotopic (exact) mass is 399 g/mol. The van der Waals surface area contributed by atoms with Crippen LogP contribution >= 0.6 is 0 Å². The van der Waals surface area contributed by atoms with Crippen molar-refractivity contribution < 1.29 is 30.0 Å². The standard InChI is InChI=1S/C15H20F3NO4S2/c1-14(2,3)24(20,21)11-8-9-19(10-11)25(22,23)13-7-5-4-6-12(13)15(16,17)18/h4-7,11H,8-10H2,1-3H3/t11-/m1/s1. The largest absolute Gasteiger partial charge is 0.417 e. The average Bonchev–Trinajstić information content (AvgIpc) is 2.96. The number of benzene rings is 1. The van der Waals surface area contributed by atoms with Gasteiger partial charge in [-0.3, -0.25) is 0 Å². The molecule has 5 nitrogen and oxygen atoms in total. The normalized spacial score (nSPS) is 20.8. The minimum Gasteiger partial charge on any atom is -0.228 e. The Morgan fingerprint density at radius 3 is 2.12 bits per heavy atom. The SMILES string of the molecule is CC(C)(C)S(=O)(=O)[C@@H]1CCN(S(=O)(=O)c2ccccc2C(F)(F)F)C1. The van der Waals surface area contributed by atoms with E-state index in [2.05, 4.69) is 0 Å². The molecule has 2 rings (SSSR count). The lowest BCUT2D eigenvalue weighted by atomic mass is 10.2. The molecule has 0 N–H and O–H groups in total. The Bertz CT molecular complexity index is 855. The first-order chi connectivity index (χ1) is 11.2. The van der Waals surface area contributed by atoms with Crippen molar-refractivity contribution in [3.05, 3.63) is 29.8 Å². The van der Waals surface area contributed by atoms with Crippen molar-refractivity contribution in [1.82, 2.24) is 4.31 Å². The zero-order valence-electron chi connectivity index (χ0n) is 14.0. The lowest BCUT2D eigenvalue weighted by Gasteiger charge is -2.24. The summed E-state index contributed by atoms with van der Waals surface area (Å²) in [5.41, 5.74) is -1.25. The summed E-state index contributed by atoms with van der Waals surface area (Å²) in [7, 11) is -8.06. The van der Waals surface area contributed by atoms with E-state index in [-0.39, 0.29) is 19.5 Å². The van der Waals surface area contributed by atoms with E-state index in [0.717, 1.165) is 16.4 Å². The van der Waals surface area contributed by atoms with Crippen LogP contribution < -0.4 is 0 Å². The molecule has 142 valence electrons. The van der Waals surface area contributed by atoms with Crippen molar-refractivity contribution in [3.63, 3.8) is 0 Å². The first-order valence-electron chi connectivity index (χ1n) is 7.59. The first-order valence-corrected chi connectivity index (χ1v) is 10.6. The van der Waals surface area contributed by atoms with Gasteiger partial charge in [-0.2, -0.15) is 17.5 Å². The minimum absolute atomic E-state index is 0.0625. The summed E-state index contributed by atoms with van der Waals surface area (Å²) < 4.78 is 89.4. The van der Waals surface area contributed by atoms with Crippen LogP contribution in [0.1, 0.15) is 32.8 Å². The molecule has 1 aliphatic heterocycles. The van der Waals surface area contributed by atoms with Gasteiger partial charge in [-0.15, -0.1) is 0 Å². The second kappa shape index (κ2) is 6.24. The molecule has 1 aromatic carbocycles. The smallest absolute Gasteiger partial charge is 0.228 e. The van der Waals surface area contributed by atoms with Gasteiger partial charge >= 0.3 is 6.18 Å². The Kier molecular flexibility index (Phi) is 5.04. The van der Waals surface area contributed by atoms with Gasteiger partial charge in [0.25, 0.3) is 0 Å². The van der Waals surface area contributed by atoms with Crippen molar-refractivity contribution in [2.75, 3.05) is 13.1 Å². The maximum absolute atomic E-state index is 13.1. The number of alkyl halides is 3. The maximum atomic E-state index is 13.1. The zero-order chi connectivity index (χ0) is 19.3. The van der Waals surface area contributed by atoms with Crippen molar-refractivity contribution in [3.8, 4) is 0 Å². The van der Waals surface area contributed by atoms with Crippen molar-refractivity contribution in [2.24, 2.45) is 0 Å². The number of rotatable bonds is 3. The molecule has 0 spiro atoms. The van der Waals surface area contributed by atoms with Gasteiger partial charge in [-0.05, 0) is 39.3 Å². The van der Waals surface area contributed by atoms with Crippen LogP contribution in [0.3, 0.4) is 0 Å². The molecule has 1 aromatic rings. The molecule has 1 heterocycles. The quantitative estimate of drug-likeness (QED) is 0.784. The number of halogens is 3. The Morgan fingerprint density at radius 2 is 1.60 bits per heavy atom. The van der Waals surface area contributed by atoms with Gasteiger partial charge < -0.3 is 0 Å². The van der Waals surface area contributed by atoms with E-state index in [1.165, 1.54) is 26.8 Å². The summed E-state index contributed by atoms with van der Waals surface area (Å²) in [5, 5.41) is -0.930. The third kappa shape index (κ3) is 3.70. The van der Waals surface area contributed by atoms with Crippen LogP contribution in [0.15, 0.2) is 29.2 Å². The molecule has 0 radical (unpaired) electrons. The molecule has 25 heavy (non-hydrogen) atoms. The van der Waals surface area contributed by atoms with E-state index in [0.29, 0.717) is 6.07 Å². The van der Waals surface area contributed by atoms with Gasteiger partial charge in [0.1, 0.15) is 0 Å². The molecule has 0 bridgehead atoms. The van der Waals surface area contributed by atoms with E-state index in [1.807, 2.05) is 0 Å². The Hall–Kier alpha value is -1.13. The number of sulfone groups is 1. The fraction of sp³-hybridized carbons (Fsp3) is 0.600. The molecule has 1 aliphatic rings. The topological polar surface area (TPSA) is 71.5 Å². The highest BCUT2D eigenvalue weighted by molar-refractivity contribution is 7.93. The predicted molar refractivity (Wildman–Crippen MR) is 87.3 cm³/mol. The molecule has 10 heteroatoms. The highest BCUT2D eigenvalue weighted by Crippen LogP contribution is 2.37. The lowest BCUT2D eigenvalue weighted by Crippen LogP contribution is -2.40. The van der Waals surface area contributed by atoms with Crippen LogP contribution in [0, 0.1) is 0 Å². The molecular weight excluding hydrogens is 379 g/mol. The Balaban J connectivity index is 2.39. The highest BCUT2D eigenvalue weighted by Gasteiger charge is 2.45. The van der Waals surface area contributed by atoms with E-state index in [1.54, 1.807) is 0 Å². The fourth-order valence-electron chi connectivity index (χ4n) is 2.73. The first kappa shape index (κ1) is 20.2. The van der Waals surface area contributed by atoms with E-state index >= 15 is 0 Å². The molecule has 1 saturated heterocycles. The second-order valence-corrected chi connectivity index (χ2v) is 11.8. The van der Waals surface area contributed by atoms with Crippen LogP contribution in [-0.4, -0.2) is 44.2 Å². The van der Waals surface area contributed by atoms with E-state index < -0.39 is 46.5 Å². The molecular formula is C15H20F3NO4S2. The van der Waals surface area contributed by atoms with Crippen LogP contribution in [0.2, 0.25) is 0 Å². The fourth-order valence-corrected chi connectivity index (χ4v) is 6.33. The van der Waals surface area contributed by atoms with Crippen molar-refractivity contribution >= 4 is 19.9 Å². The lowest BCUT2D eigenvalue weighted by molar-refractivity contribution is -0.139. The molecule has 0 unspecified atom stereocenters. The number of hydrogen-bond acceptors (Lipinski definition) is 4. The zero-order valence-corrected chi connectivity index (χ0v) is 15.7. The van der Waals surface area contributed by atoms with E-state index in [9.17, 15) is 30.0 Å². The number of sulfonamides is 1. The van der Waals surface area contributed by atoms with Crippen molar-refractivity contribution in [2.45, 2.75) is 48.3 Å². The third-order valence-corrected chi connectivity index (χ3v) is 9.10. The minimum atomic E-state index is -4.82. The van der Waals surface area contributed by atoms with Gasteiger partial charge in [-0.1, -0.05) is 12.1 Å². The average molecular weight is 399 g/mol. The van der Waals surface area contributed by atoms with Crippen LogP contribution in [-0.2, 0) is 26.0 Å². The molecule has 0 aromatic heterocycles. The van der Waals surface area contributed by atoms with Gasteiger partial charge in [-0.25, -0.2) is 16.8 Å². The maximum Gasteiger partial charge on any atom is 0.417 e. The summed E-state index contributed by atoms with van der Waals surface area (Å²) in [5.74, 6) is 0. The highest BCUT2D eigenvalue weighted by atomic mass is 32.2. The molecule has 0 saturated carbocycles. The van der Waals surface area contributed by atoms with Gasteiger partial charge in [0.2, 0.25) is 10.0 Å². The van der Waals surface area contributed by atoms with Gasteiger partial charge in [0, 0.05) is 13.1 Å². The van der Waals surface area contributed by atoms with Gasteiger partial charge in [0.05, 0.1) is 20.5 Å². The summed E-state index contributed by atoms with van der Waals surface area (Å²) >= 11 is 0. The Labute approximate surface area is 145 Å². The number of hydrogen-bond donors (Lipinski definition) is 0. The summed E-state index contributed by atoms with van der Waals surface area (Å²) in [6, 6.07) is 3.91. The predicted octanol–water partition coefficient (Wildman–Crippen LogP) is 2.68. The van der Waals surface area contributed by atoms with E-state index in [4.69, 9.17) is 0 Å². The number of nitrogens with zero attached hydrogens (tertiary/aromatic N) is 1. The van der Waals surface area contributed by atoms with Crippen molar-refractivity contribution in [1.29, 1.82) is 0 Å². The Morgan fingerprint density at radius 1 is 1.04 bits per heavy atom. The van der Waals surface area contributed by atoms with Crippen LogP contribution in [0.4, 0.5) is 13.2 Å². The molecule has 1 fully saturated rings. The molecule has 1 atom stereocenters. The summed E-state index contributed by atoms with van der Waals surface area (Å²) in [4.78, 5) is -0.851.